The first-order chi connectivity index (χ1) is 7.66. The Kier molecular flexibility index (Phi) is 3.54. The van der Waals surface area contributed by atoms with Crippen molar-refractivity contribution in [1.29, 1.82) is 0 Å². The second-order valence-electron chi connectivity index (χ2n) is 4.22. The summed E-state index contributed by atoms with van der Waals surface area (Å²) in [6.07, 6.45) is 0.534. The quantitative estimate of drug-likeness (QED) is 0.785. The van der Waals surface area contributed by atoms with Gasteiger partial charge in [-0.2, -0.15) is 0 Å². The lowest BCUT2D eigenvalue weighted by molar-refractivity contribution is -0.130. The highest BCUT2D eigenvalue weighted by Gasteiger charge is 2.25. The van der Waals surface area contributed by atoms with E-state index in [0.29, 0.717) is 11.8 Å². The third-order valence-electron chi connectivity index (χ3n) is 2.89. The molecule has 1 aromatic rings. The zero-order valence-corrected chi connectivity index (χ0v) is 10.6. The van der Waals surface area contributed by atoms with Crippen molar-refractivity contribution in [3.63, 3.8) is 0 Å². The van der Waals surface area contributed by atoms with E-state index in [1.807, 2.05) is 28.8 Å². The molecular weight excluding hydrogens is 218 g/mol. The molecule has 1 fully saturated rings. The summed E-state index contributed by atoms with van der Waals surface area (Å²) >= 11 is 1.85. The first-order valence-electron chi connectivity index (χ1n) is 5.63. The molecule has 86 valence electrons. The maximum Gasteiger partial charge on any atom is 0.227 e. The predicted molar refractivity (Wildman–Crippen MR) is 68.5 cm³/mol. The van der Waals surface area contributed by atoms with Gasteiger partial charge >= 0.3 is 0 Å². The monoisotopic (exact) mass is 235 g/mol. The van der Waals surface area contributed by atoms with Crippen molar-refractivity contribution in [1.82, 2.24) is 4.90 Å². The first-order valence-corrected chi connectivity index (χ1v) is 6.68. The minimum absolute atomic E-state index is 0.253. The summed E-state index contributed by atoms with van der Waals surface area (Å²) in [6, 6.07) is 8.19. The number of carbonyl (C=O) groups excluding carboxylic acids is 1. The Morgan fingerprint density at radius 3 is 3.00 bits per heavy atom. The van der Waals surface area contributed by atoms with Crippen LogP contribution >= 0.6 is 11.8 Å². The first kappa shape index (κ1) is 11.5. The van der Waals surface area contributed by atoms with Crippen LogP contribution in [0.2, 0.25) is 0 Å². The smallest absolute Gasteiger partial charge is 0.227 e. The van der Waals surface area contributed by atoms with E-state index in [2.05, 4.69) is 26.0 Å². The summed E-state index contributed by atoms with van der Waals surface area (Å²) < 4.78 is 0. The Morgan fingerprint density at radius 1 is 1.56 bits per heavy atom. The lowest BCUT2D eigenvalue weighted by atomic mass is 10.1. The van der Waals surface area contributed by atoms with Gasteiger partial charge in [-0.05, 0) is 19.4 Å². The van der Waals surface area contributed by atoms with Gasteiger partial charge in [0, 0.05) is 12.3 Å². The zero-order chi connectivity index (χ0) is 11.5. The van der Waals surface area contributed by atoms with Crippen LogP contribution in [0.5, 0.6) is 0 Å². The average Bonchev–Trinajstić information content (AvgIpc) is 2.64. The SMILES string of the molecule is Cc1cccc(CC(=O)N2CCSC2C)c1. The van der Waals surface area contributed by atoms with Gasteiger partial charge in [-0.1, -0.05) is 29.8 Å². The van der Waals surface area contributed by atoms with Gasteiger partial charge in [0.25, 0.3) is 0 Å². The molecule has 1 unspecified atom stereocenters. The highest BCUT2D eigenvalue weighted by molar-refractivity contribution is 8.00. The zero-order valence-electron chi connectivity index (χ0n) is 9.77. The van der Waals surface area contributed by atoms with Crippen LogP contribution in [0.15, 0.2) is 24.3 Å². The molecule has 1 aromatic carbocycles. The van der Waals surface area contributed by atoms with Gasteiger partial charge < -0.3 is 4.90 Å². The third-order valence-corrected chi connectivity index (χ3v) is 4.04. The maximum absolute atomic E-state index is 12.0. The summed E-state index contributed by atoms with van der Waals surface area (Å²) in [7, 11) is 0. The normalized spacial score (nSPS) is 20.1. The Hall–Kier alpha value is -0.960. The standard InChI is InChI=1S/C13H17NOS/c1-10-4-3-5-12(8-10)9-13(15)14-6-7-16-11(14)2/h3-5,8,11H,6-7,9H2,1-2H3. The fourth-order valence-electron chi connectivity index (χ4n) is 2.02. The van der Waals surface area contributed by atoms with E-state index in [9.17, 15) is 4.79 Å². The fourth-order valence-corrected chi connectivity index (χ4v) is 3.07. The van der Waals surface area contributed by atoms with Gasteiger partial charge in [-0.15, -0.1) is 11.8 Å². The van der Waals surface area contributed by atoms with E-state index < -0.39 is 0 Å². The number of carbonyl (C=O) groups is 1. The molecule has 1 amide bonds. The third kappa shape index (κ3) is 2.59. The number of amides is 1. The van der Waals surface area contributed by atoms with Crippen LogP contribution in [0, 0.1) is 6.92 Å². The summed E-state index contributed by atoms with van der Waals surface area (Å²) in [6.45, 7) is 5.06. The molecule has 0 aliphatic carbocycles. The molecule has 3 heteroatoms. The molecule has 2 nitrogen and oxygen atoms in total. The molecule has 16 heavy (non-hydrogen) atoms. The highest BCUT2D eigenvalue weighted by Crippen LogP contribution is 2.23. The minimum Gasteiger partial charge on any atom is -0.330 e. The highest BCUT2D eigenvalue weighted by atomic mass is 32.2. The van der Waals surface area contributed by atoms with Crippen molar-refractivity contribution in [2.24, 2.45) is 0 Å². The Bertz CT molecular complexity index is 391. The Balaban J connectivity index is 2.02. The van der Waals surface area contributed by atoms with Gasteiger partial charge in [-0.25, -0.2) is 0 Å². The summed E-state index contributed by atoms with van der Waals surface area (Å²) in [4.78, 5) is 14.0. The van der Waals surface area contributed by atoms with Crippen LogP contribution < -0.4 is 0 Å². The van der Waals surface area contributed by atoms with Crippen LogP contribution in [0.25, 0.3) is 0 Å². The number of benzene rings is 1. The maximum atomic E-state index is 12.0. The van der Waals surface area contributed by atoms with Crippen molar-refractivity contribution in [3.8, 4) is 0 Å². The topological polar surface area (TPSA) is 20.3 Å². The van der Waals surface area contributed by atoms with Gasteiger partial charge in [0.1, 0.15) is 0 Å². The fraction of sp³-hybridized carbons (Fsp3) is 0.462. The molecule has 1 aliphatic rings. The van der Waals surface area contributed by atoms with Crippen LogP contribution in [-0.2, 0) is 11.2 Å². The second kappa shape index (κ2) is 4.91. The van der Waals surface area contributed by atoms with E-state index in [-0.39, 0.29) is 5.91 Å². The van der Waals surface area contributed by atoms with Crippen LogP contribution in [0.1, 0.15) is 18.1 Å². The van der Waals surface area contributed by atoms with Crippen molar-refractivity contribution >= 4 is 17.7 Å². The van der Waals surface area contributed by atoms with Crippen LogP contribution in [0.3, 0.4) is 0 Å². The molecule has 0 N–H and O–H groups in total. The summed E-state index contributed by atoms with van der Waals surface area (Å²) in [5.41, 5.74) is 2.34. The van der Waals surface area contributed by atoms with E-state index in [1.165, 1.54) is 5.56 Å². The Labute approximate surface area is 101 Å². The van der Waals surface area contributed by atoms with Crippen molar-refractivity contribution < 1.29 is 4.79 Å². The lowest BCUT2D eigenvalue weighted by Crippen LogP contribution is -2.34. The second-order valence-corrected chi connectivity index (χ2v) is 5.65. The number of thioether (sulfide) groups is 1. The molecule has 0 bridgehead atoms. The molecular formula is C13H17NOS. The van der Waals surface area contributed by atoms with E-state index in [1.54, 1.807) is 0 Å². The van der Waals surface area contributed by atoms with E-state index in [4.69, 9.17) is 0 Å². The van der Waals surface area contributed by atoms with Gasteiger partial charge in [-0.3, -0.25) is 4.79 Å². The summed E-state index contributed by atoms with van der Waals surface area (Å²) in [5.74, 6) is 1.32. The average molecular weight is 235 g/mol. The van der Waals surface area contributed by atoms with Crippen LogP contribution in [0.4, 0.5) is 0 Å². The van der Waals surface area contributed by atoms with Crippen molar-refractivity contribution in [2.75, 3.05) is 12.3 Å². The van der Waals surface area contributed by atoms with Crippen molar-refractivity contribution in [2.45, 2.75) is 25.6 Å². The molecule has 0 spiro atoms. The van der Waals surface area contributed by atoms with Crippen molar-refractivity contribution in [3.05, 3.63) is 35.4 Å². The molecule has 0 aromatic heterocycles. The molecule has 1 heterocycles. The molecule has 2 rings (SSSR count). The van der Waals surface area contributed by atoms with Gasteiger partial charge in [0.15, 0.2) is 0 Å². The predicted octanol–water partition coefficient (Wildman–Crippen LogP) is 2.46. The molecule has 1 atom stereocenters. The van der Waals surface area contributed by atoms with Crippen LogP contribution in [-0.4, -0.2) is 28.5 Å². The molecule has 1 aliphatic heterocycles. The molecule has 1 saturated heterocycles. The number of rotatable bonds is 2. The van der Waals surface area contributed by atoms with Gasteiger partial charge in [0.2, 0.25) is 5.91 Å². The lowest BCUT2D eigenvalue weighted by Gasteiger charge is -2.20. The molecule has 0 saturated carbocycles. The minimum atomic E-state index is 0.253. The number of nitrogens with zero attached hydrogens (tertiary/aromatic N) is 1. The largest absolute Gasteiger partial charge is 0.330 e. The van der Waals surface area contributed by atoms with E-state index >= 15 is 0 Å². The van der Waals surface area contributed by atoms with E-state index in [0.717, 1.165) is 17.9 Å². The Morgan fingerprint density at radius 2 is 2.38 bits per heavy atom. The number of hydrogen-bond acceptors (Lipinski definition) is 2. The summed E-state index contributed by atoms with van der Waals surface area (Å²) in [5, 5.41) is 0.345. The van der Waals surface area contributed by atoms with Gasteiger partial charge in [0.05, 0.1) is 11.8 Å². The number of hydrogen-bond donors (Lipinski definition) is 0. The number of aryl methyl sites for hydroxylation is 1. The molecule has 0 radical (unpaired) electrons.